The molecule has 0 saturated heterocycles. The summed E-state index contributed by atoms with van der Waals surface area (Å²) in [6.45, 7) is 2.03. The third kappa shape index (κ3) is 8.18. The van der Waals surface area contributed by atoms with E-state index in [1.54, 1.807) is 22.7 Å². The van der Waals surface area contributed by atoms with Crippen LogP contribution in [0.2, 0.25) is 0 Å². The standard InChI is InChI=1S/C26H30O6S2/c27-19-30-12-4-2-6-14-32-23-18-20(24-9-7-15-33-24)22(17-21(23)25-10-8-16-34-25)31-13-5-1-3-11-26(28)29/h7-10,15-19H,1-6,11-14H2,(H,28,29). The molecular formula is C26H30O6S2. The molecular weight excluding hydrogens is 472 g/mol. The Hall–Kier alpha value is -2.84. The van der Waals surface area contributed by atoms with E-state index in [0.717, 1.165) is 64.5 Å². The lowest BCUT2D eigenvalue weighted by atomic mass is 10.1. The van der Waals surface area contributed by atoms with E-state index in [1.807, 2.05) is 22.9 Å². The highest BCUT2D eigenvalue weighted by Gasteiger charge is 2.17. The normalized spacial score (nSPS) is 10.7. The van der Waals surface area contributed by atoms with E-state index in [-0.39, 0.29) is 6.42 Å². The lowest BCUT2D eigenvalue weighted by Gasteiger charge is -2.17. The number of rotatable bonds is 17. The highest BCUT2D eigenvalue weighted by atomic mass is 32.1. The Balaban J connectivity index is 1.73. The van der Waals surface area contributed by atoms with Crippen molar-refractivity contribution in [3.8, 4) is 32.4 Å². The summed E-state index contributed by atoms with van der Waals surface area (Å²) < 4.78 is 17.2. The van der Waals surface area contributed by atoms with Crippen molar-refractivity contribution in [3.63, 3.8) is 0 Å². The van der Waals surface area contributed by atoms with Gasteiger partial charge in [0.15, 0.2) is 0 Å². The molecule has 2 aromatic heterocycles. The molecule has 2 heterocycles. The molecule has 1 N–H and O–H groups in total. The first-order valence-electron chi connectivity index (χ1n) is 11.5. The van der Waals surface area contributed by atoms with Crippen LogP contribution in [-0.2, 0) is 14.3 Å². The molecule has 0 aliphatic rings. The van der Waals surface area contributed by atoms with E-state index >= 15 is 0 Å². The first kappa shape index (κ1) is 25.8. The molecule has 0 aliphatic heterocycles. The molecule has 1 aromatic carbocycles. The molecule has 6 nitrogen and oxygen atoms in total. The second kappa shape index (κ2) is 14.4. The van der Waals surface area contributed by atoms with Gasteiger partial charge in [0, 0.05) is 27.3 Å². The van der Waals surface area contributed by atoms with Gasteiger partial charge in [-0.2, -0.15) is 0 Å². The van der Waals surface area contributed by atoms with Gasteiger partial charge in [-0.05, 0) is 73.6 Å². The summed E-state index contributed by atoms with van der Waals surface area (Å²) in [6.07, 6.45) is 5.08. The molecule has 0 unspecified atom stereocenters. The highest BCUT2D eigenvalue weighted by molar-refractivity contribution is 7.14. The van der Waals surface area contributed by atoms with Gasteiger partial charge in [0.05, 0.1) is 19.8 Å². The summed E-state index contributed by atoms with van der Waals surface area (Å²) >= 11 is 3.31. The van der Waals surface area contributed by atoms with E-state index < -0.39 is 5.97 Å². The third-order valence-corrected chi connectivity index (χ3v) is 6.99. The molecule has 0 amide bonds. The van der Waals surface area contributed by atoms with Crippen LogP contribution < -0.4 is 9.47 Å². The minimum Gasteiger partial charge on any atom is -0.493 e. The van der Waals surface area contributed by atoms with Crippen molar-refractivity contribution in [2.45, 2.75) is 44.9 Å². The van der Waals surface area contributed by atoms with Crippen molar-refractivity contribution >= 4 is 35.1 Å². The quantitative estimate of drug-likeness (QED) is 0.160. The predicted octanol–water partition coefficient (Wildman–Crippen LogP) is 6.89. The molecule has 0 aliphatic carbocycles. The molecule has 3 aromatic rings. The lowest BCUT2D eigenvalue weighted by Crippen LogP contribution is -2.03. The summed E-state index contributed by atoms with van der Waals surface area (Å²) in [7, 11) is 0. The van der Waals surface area contributed by atoms with Crippen LogP contribution in [0.4, 0.5) is 0 Å². The molecule has 8 heteroatoms. The molecule has 3 rings (SSSR count). The lowest BCUT2D eigenvalue weighted by molar-refractivity contribution is -0.137. The van der Waals surface area contributed by atoms with E-state index in [1.165, 1.54) is 0 Å². The van der Waals surface area contributed by atoms with Crippen molar-refractivity contribution in [1.82, 2.24) is 0 Å². The summed E-state index contributed by atoms with van der Waals surface area (Å²) in [5.41, 5.74) is 2.00. The average molecular weight is 503 g/mol. The van der Waals surface area contributed by atoms with E-state index in [2.05, 4.69) is 24.3 Å². The smallest absolute Gasteiger partial charge is 0.303 e. The Morgan fingerprint density at radius 3 is 1.79 bits per heavy atom. The maximum Gasteiger partial charge on any atom is 0.303 e. The maximum atomic E-state index is 10.7. The number of ether oxygens (including phenoxy) is 3. The zero-order valence-corrected chi connectivity index (χ0v) is 20.7. The SMILES string of the molecule is O=COCCCCCOc1cc(-c2cccs2)c(OCCCCCC(=O)O)cc1-c1cccs1. The largest absolute Gasteiger partial charge is 0.493 e. The van der Waals surface area contributed by atoms with Gasteiger partial charge in [0.25, 0.3) is 6.47 Å². The number of hydrogen-bond donors (Lipinski definition) is 1. The number of carboxylic acids is 1. The second-order valence-electron chi connectivity index (χ2n) is 7.73. The second-order valence-corrected chi connectivity index (χ2v) is 9.62. The summed E-state index contributed by atoms with van der Waals surface area (Å²) in [5.74, 6) is 0.873. The van der Waals surface area contributed by atoms with Gasteiger partial charge < -0.3 is 19.3 Å². The van der Waals surface area contributed by atoms with Gasteiger partial charge in [0.2, 0.25) is 0 Å². The molecule has 0 bridgehead atoms. The number of aliphatic carboxylic acids is 1. The fourth-order valence-electron chi connectivity index (χ4n) is 3.48. The minimum atomic E-state index is -0.758. The first-order valence-corrected chi connectivity index (χ1v) is 13.2. The Morgan fingerprint density at radius 1 is 0.794 bits per heavy atom. The van der Waals surface area contributed by atoms with Crippen molar-refractivity contribution in [1.29, 1.82) is 0 Å². The zero-order valence-electron chi connectivity index (χ0n) is 19.1. The van der Waals surface area contributed by atoms with Crippen LogP contribution in [0.25, 0.3) is 20.9 Å². The molecule has 0 radical (unpaired) electrons. The molecule has 0 spiro atoms. The number of carbonyl (C=O) groups excluding carboxylic acids is 1. The van der Waals surface area contributed by atoms with E-state index in [0.29, 0.717) is 32.7 Å². The van der Waals surface area contributed by atoms with Gasteiger partial charge in [0.1, 0.15) is 11.5 Å². The van der Waals surface area contributed by atoms with Gasteiger partial charge in [-0.1, -0.05) is 12.1 Å². The van der Waals surface area contributed by atoms with Crippen LogP contribution in [0.15, 0.2) is 47.2 Å². The average Bonchev–Trinajstić information content (AvgIpc) is 3.55. The fraction of sp³-hybridized carbons (Fsp3) is 0.385. The fourth-order valence-corrected chi connectivity index (χ4v) is 4.97. The van der Waals surface area contributed by atoms with Crippen LogP contribution in [-0.4, -0.2) is 37.4 Å². The van der Waals surface area contributed by atoms with Crippen molar-refractivity contribution in [2.24, 2.45) is 0 Å². The summed E-state index contributed by atoms with van der Waals surface area (Å²) in [4.78, 5) is 23.2. The van der Waals surface area contributed by atoms with Crippen LogP contribution in [0.1, 0.15) is 44.9 Å². The van der Waals surface area contributed by atoms with Gasteiger partial charge in [-0.25, -0.2) is 0 Å². The number of carboxylic acid groups (broad SMARTS) is 1. The van der Waals surface area contributed by atoms with Gasteiger partial charge >= 0.3 is 5.97 Å². The maximum absolute atomic E-state index is 10.7. The predicted molar refractivity (Wildman–Crippen MR) is 136 cm³/mol. The number of benzene rings is 1. The molecule has 0 atom stereocenters. The Kier molecular flexibility index (Phi) is 10.9. The zero-order chi connectivity index (χ0) is 24.0. The summed E-state index contributed by atoms with van der Waals surface area (Å²) in [6, 6.07) is 12.3. The Bertz CT molecular complexity index is 999. The minimum absolute atomic E-state index is 0.194. The molecule has 0 saturated carbocycles. The molecule has 0 fully saturated rings. The number of thiophene rings is 2. The van der Waals surface area contributed by atoms with Crippen molar-refractivity contribution in [3.05, 3.63) is 47.2 Å². The van der Waals surface area contributed by atoms with Crippen molar-refractivity contribution in [2.75, 3.05) is 19.8 Å². The Morgan fingerprint density at radius 2 is 1.32 bits per heavy atom. The number of unbranched alkanes of at least 4 members (excludes halogenated alkanes) is 4. The van der Waals surface area contributed by atoms with Gasteiger partial charge in [-0.3, -0.25) is 9.59 Å². The number of carbonyl (C=O) groups is 2. The van der Waals surface area contributed by atoms with Gasteiger partial charge in [-0.15, -0.1) is 22.7 Å². The third-order valence-electron chi connectivity index (χ3n) is 5.18. The van der Waals surface area contributed by atoms with Crippen LogP contribution in [0, 0.1) is 0 Å². The van der Waals surface area contributed by atoms with E-state index in [9.17, 15) is 9.59 Å². The Labute approximate surface area is 208 Å². The highest BCUT2D eigenvalue weighted by Crippen LogP contribution is 2.43. The number of hydrogen-bond acceptors (Lipinski definition) is 7. The monoisotopic (exact) mass is 502 g/mol. The van der Waals surface area contributed by atoms with E-state index in [4.69, 9.17) is 19.3 Å². The topological polar surface area (TPSA) is 82.1 Å². The van der Waals surface area contributed by atoms with Crippen LogP contribution in [0.3, 0.4) is 0 Å². The molecule has 182 valence electrons. The van der Waals surface area contributed by atoms with Crippen LogP contribution in [0.5, 0.6) is 11.5 Å². The summed E-state index contributed by atoms with van der Waals surface area (Å²) in [5, 5.41) is 12.9. The van der Waals surface area contributed by atoms with Crippen molar-refractivity contribution < 1.29 is 28.9 Å². The van der Waals surface area contributed by atoms with Crippen LogP contribution >= 0.6 is 22.7 Å². The first-order chi connectivity index (χ1) is 16.7. The molecule has 34 heavy (non-hydrogen) atoms.